The third-order valence-electron chi connectivity index (χ3n) is 3.17. The molecule has 1 aromatic rings. The van der Waals surface area contributed by atoms with Crippen molar-refractivity contribution >= 4 is 11.9 Å². The maximum Gasteiger partial charge on any atom is 0.371 e. The molecule has 2 heterocycles. The molecule has 2 N–H and O–H groups in total. The average molecular weight is 267 g/mol. The van der Waals surface area contributed by atoms with E-state index in [2.05, 4.69) is 5.32 Å². The summed E-state index contributed by atoms with van der Waals surface area (Å²) in [5.74, 6) is -0.883. The van der Waals surface area contributed by atoms with Gasteiger partial charge in [-0.1, -0.05) is 0 Å². The largest absolute Gasteiger partial charge is 0.475 e. The summed E-state index contributed by atoms with van der Waals surface area (Å²) in [5, 5.41) is 11.5. The number of rotatable bonds is 4. The van der Waals surface area contributed by atoms with Gasteiger partial charge < -0.3 is 19.6 Å². The molecule has 6 nitrogen and oxygen atoms in total. The zero-order valence-electron chi connectivity index (χ0n) is 10.7. The molecule has 2 atom stereocenters. The second-order valence-corrected chi connectivity index (χ2v) is 4.69. The minimum atomic E-state index is -1.11. The van der Waals surface area contributed by atoms with E-state index >= 15 is 0 Å². The Morgan fingerprint density at radius 2 is 2.26 bits per heavy atom. The number of ether oxygens (including phenoxy) is 1. The predicted octanol–water partition coefficient (Wildman–Crippen LogP) is 1.41. The van der Waals surface area contributed by atoms with E-state index < -0.39 is 5.97 Å². The minimum absolute atomic E-state index is 0.0385. The number of carboxylic acid groups (broad SMARTS) is 1. The summed E-state index contributed by atoms with van der Waals surface area (Å²) in [5.41, 5.74) is 0. The fourth-order valence-corrected chi connectivity index (χ4v) is 2.14. The van der Waals surface area contributed by atoms with Gasteiger partial charge in [0.15, 0.2) is 0 Å². The molecule has 0 spiro atoms. The molecule has 1 aromatic heterocycles. The number of furan rings is 1. The van der Waals surface area contributed by atoms with Gasteiger partial charge in [0.2, 0.25) is 11.7 Å². The Hall–Kier alpha value is -1.82. The number of hydrogen-bond donors (Lipinski definition) is 2. The van der Waals surface area contributed by atoms with Gasteiger partial charge in [0, 0.05) is 12.5 Å². The average Bonchev–Trinajstić information content (AvgIpc) is 2.85. The lowest BCUT2D eigenvalue weighted by Gasteiger charge is -2.26. The van der Waals surface area contributed by atoms with Crippen LogP contribution < -0.4 is 5.32 Å². The summed E-state index contributed by atoms with van der Waals surface area (Å²) in [7, 11) is 0. The monoisotopic (exact) mass is 267 g/mol. The van der Waals surface area contributed by atoms with E-state index in [1.54, 1.807) is 6.07 Å². The fraction of sp³-hybridized carbons (Fsp3) is 0.538. The van der Waals surface area contributed by atoms with Gasteiger partial charge in [-0.25, -0.2) is 4.79 Å². The first kappa shape index (κ1) is 13.6. The van der Waals surface area contributed by atoms with Crippen LogP contribution in [0.4, 0.5) is 0 Å². The summed E-state index contributed by atoms with van der Waals surface area (Å²) >= 11 is 0. The topological polar surface area (TPSA) is 88.8 Å². The molecule has 2 unspecified atom stereocenters. The normalized spacial score (nSPS) is 23.0. The lowest BCUT2D eigenvalue weighted by atomic mass is 9.95. The molecule has 0 radical (unpaired) electrons. The molecule has 0 aromatic carbocycles. The summed E-state index contributed by atoms with van der Waals surface area (Å²) < 4.78 is 10.5. The number of aromatic carboxylic acids is 1. The standard InChI is InChI=1S/C13H17NO5/c1-8-6-9(4-5-18-8)12(15)14-7-10-2-3-11(19-10)13(16)17/h2-3,8-9H,4-7H2,1H3,(H,14,15)(H,16,17). The van der Waals surface area contributed by atoms with Crippen molar-refractivity contribution in [3.63, 3.8) is 0 Å². The third kappa shape index (κ3) is 3.57. The van der Waals surface area contributed by atoms with Crippen LogP contribution in [0.15, 0.2) is 16.5 Å². The summed E-state index contributed by atoms with van der Waals surface area (Å²) in [4.78, 5) is 22.6. The van der Waals surface area contributed by atoms with E-state index in [9.17, 15) is 9.59 Å². The fourth-order valence-electron chi connectivity index (χ4n) is 2.14. The molecular formula is C13H17NO5. The third-order valence-corrected chi connectivity index (χ3v) is 3.17. The number of hydrogen-bond acceptors (Lipinski definition) is 4. The van der Waals surface area contributed by atoms with Gasteiger partial charge in [-0.2, -0.15) is 0 Å². The number of amides is 1. The van der Waals surface area contributed by atoms with Crippen molar-refractivity contribution in [3.8, 4) is 0 Å². The van der Waals surface area contributed by atoms with Gasteiger partial charge in [-0.3, -0.25) is 4.79 Å². The molecule has 0 aliphatic carbocycles. The van der Waals surface area contributed by atoms with Crippen LogP contribution in [0.25, 0.3) is 0 Å². The maximum atomic E-state index is 11.9. The molecule has 1 saturated heterocycles. The van der Waals surface area contributed by atoms with E-state index in [1.165, 1.54) is 6.07 Å². The van der Waals surface area contributed by atoms with Crippen LogP contribution >= 0.6 is 0 Å². The molecule has 1 fully saturated rings. The van der Waals surface area contributed by atoms with Crippen LogP contribution in [0, 0.1) is 5.92 Å². The van der Waals surface area contributed by atoms with Gasteiger partial charge in [-0.15, -0.1) is 0 Å². The molecule has 1 aliphatic rings. The molecule has 1 amide bonds. The van der Waals surface area contributed by atoms with E-state index in [-0.39, 0.29) is 30.2 Å². The van der Waals surface area contributed by atoms with Crippen LogP contribution in [-0.2, 0) is 16.1 Å². The summed E-state index contributed by atoms with van der Waals surface area (Å²) in [6.07, 6.45) is 1.53. The first-order valence-electron chi connectivity index (χ1n) is 6.27. The van der Waals surface area contributed by atoms with E-state index in [1.807, 2.05) is 6.92 Å². The van der Waals surface area contributed by atoms with Gasteiger partial charge in [-0.05, 0) is 31.9 Å². The Bertz CT molecular complexity index is 467. The lowest BCUT2D eigenvalue weighted by Crippen LogP contribution is -2.36. The molecule has 2 rings (SSSR count). The summed E-state index contributed by atoms with van der Waals surface area (Å²) in [6.45, 7) is 2.76. The molecule has 0 bridgehead atoms. The van der Waals surface area contributed by atoms with Gasteiger partial charge >= 0.3 is 5.97 Å². The van der Waals surface area contributed by atoms with Crippen molar-refractivity contribution in [1.82, 2.24) is 5.32 Å². The van der Waals surface area contributed by atoms with Crippen LogP contribution in [0.3, 0.4) is 0 Å². The first-order chi connectivity index (χ1) is 9.06. The number of carboxylic acids is 1. The van der Waals surface area contributed by atoms with Crippen LogP contribution in [0.2, 0.25) is 0 Å². The van der Waals surface area contributed by atoms with Crippen molar-refractivity contribution in [3.05, 3.63) is 23.7 Å². The van der Waals surface area contributed by atoms with Crippen molar-refractivity contribution < 1.29 is 23.8 Å². The lowest BCUT2D eigenvalue weighted by molar-refractivity contribution is -0.129. The second-order valence-electron chi connectivity index (χ2n) is 4.69. The maximum absolute atomic E-state index is 11.9. The Labute approximate surface area is 110 Å². The zero-order chi connectivity index (χ0) is 13.8. The molecule has 6 heteroatoms. The molecule has 1 aliphatic heterocycles. The van der Waals surface area contributed by atoms with E-state index in [0.717, 1.165) is 0 Å². The Morgan fingerprint density at radius 1 is 1.47 bits per heavy atom. The Kier molecular flexibility index (Phi) is 4.21. The highest BCUT2D eigenvalue weighted by molar-refractivity contribution is 5.84. The van der Waals surface area contributed by atoms with E-state index in [4.69, 9.17) is 14.3 Å². The highest BCUT2D eigenvalue weighted by Crippen LogP contribution is 2.20. The highest BCUT2D eigenvalue weighted by Gasteiger charge is 2.25. The predicted molar refractivity (Wildman–Crippen MR) is 65.7 cm³/mol. The Morgan fingerprint density at radius 3 is 2.89 bits per heavy atom. The number of nitrogens with one attached hydrogen (secondary N) is 1. The van der Waals surface area contributed by atoms with Gasteiger partial charge in [0.1, 0.15) is 5.76 Å². The quantitative estimate of drug-likeness (QED) is 0.861. The number of carbonyl (C=O) groups is 2. The van der Waals surface area contributed by atoms with Crippen molar-refractivity contribution in [2.75, 3.05) is 6.61 Å². The summed E-state index contributed by atoms with van der Waals surface area (Å²) in [6, 6.07) is 2.93. The minimum Gasteiger partial charge on any atom is -0.475 e. The van der Waals surface area contributed by atoms with Crippen LogP contribution in [-0.4, -0.2) is 29.7 Å². The molecular weight excluding hydrogens is 250 g/mol. The molecule has 104 valence electrons. The zero-order valence-corrected chi connectivity index (χ0v) is 10.7. The molecule has 0 saturated carbocycles. The van der Waals surface area contributed by atoms with Gasteiger partial charge in [0.05, 0.1) is 12.6 Å². The van der Waals surface area contributed by atoms with Crippen LogP contribution in [0.1, 0.15) is 36.1 Å². The van der Waals surface area contributed by atoms with Crippen molar-refractivity contribution in [2.24, 2.45) is 5.92 Å². The molecule has 19 heavy (non-hydrogen) atoms. The van der Waals surface area contributed by atoms with Crippen molar-refractivity contribution in [1.29, 1.82) is 0 Å². The highest BCUT2D eigenvalue weighted by atomic mass is 16.5. The van der Waals surface area contributed by atoms with Gasteiger partial charge in [0.25, 0.3) is 0 Å². The number of carbonyl (C=O) groups excluding carboxylic acids is 1. The van der Waals surface area contributed by atoms with Crippen molar-refractivity contribution in [2.45, 2.75) is 32.4 Å². The smallest absolute Gasteiger partial charge is 0.371 e. The Balaban J connectivity index is 1.84. The second kappa shape index (κ2) is 5.88. The SMILES string of the molecule is CC1CC(C(=O)NCc2ccc(C(=O)O)o2)CCO1. The van der Waals surface area contributed by atoms with Crippen LogP contribution in [0.5, 0.6) is 0 Å². The first-order valence-corrected chi connectivity index (χ1v) is 6.27. The van der Waals surface area contributed by atoms with E-state index in [0.29, 0.717) is 25.2 Å².